The minimum Gasteiger partial charge on any atom is -0.456 e. The summed E-state index contributed by atoms with van der Waals surface area (Å²) in [6.07, 6.45) is -10.2. The molecule has 2 aromatic rings. The molecule has 0 radical (unpaired) electrons. The van der Waals surface area contributed by atoms with Crippen LogP contribution in [0.4, 0.5) is 9.59 Å². The van der Waals surface area contributed by atoms with E-state index in [1.54, 1.807) is 76.2 Å². The number of ketones is 1. The van der Waals surface area contributed by atoms with Gasteiger partial charge in [0.15, 0.2) is 18.0 Å². The lowest BCUT2D eigenvalue weighted by Gasteiger charge is -2.65. The predicted molar refractivity (Wildman–Crippen MR) is 216 cm³/mol. The molecule has 2 aromatic carbocycles. The second-order valence-corrected chi connectivity index (χ2v) is 17.8. The lowest BCUT2D eigenvalue weighted by atomic mass is 9.40. The van der Waals surface area contributed by atoms with Gasteiger partial charge in [-0.1, -0.05) is 62.4 Å². The summed E-state index contributed by atoms with van der Waals surface area (Å²) in [6.45, 7) is 6.70. The molecule has 11 atom stereocenters. The van der Waals surface area contributed by atoms with Gasteiger partial charge in [0.05, 0.1) is 42.0 Å². The maximum atomic E-state index is 15.9. The number of Topliss-reactive ketones (excluding diaryl/α,β-unsaturated/α-hetero) is 1. The third-order valence-electron chi connectivity index (χ3n) is 14.7. The Bertz CT molecular complexity index is 2170. The quantitative estimate of drug-likeness (QED) is 0.135. The Morgan fingerprint density at radius 3 is 2.11 bits per heavy atom. The Morgan fingerprint density at radius 2 is 1.57 bits per heavy atom. The van der Waals surface area contributed by atoms with E-state index in [1.165, 1.54) is 45.2 Å². The predicted octanol–water partition coefficient (Wildman–Crippen LogP) is 3.65. The van der Waals surface area contributed by atoms with Gasteiger partial charge in [-0.25, -0.2) is 19.2 Å². The van der Waals surface area contributed by atoms with Gasteiger partial charge in [-0.15, -0.1) is 0 Å². The number of nitrogens with one attached hydrogen (secondary N) is 1. The van der Waals surface area contributed by atoms with Crippen molar-refractivity contribution < 1.29 is 67.4 Å². The van der Waals surface area contributed by atoms with Crippen LogP contribution in [0.15, 0.2) is 71.8 Å². The first kappa shape index (κ1) is 44.0. The van der Waals surface area contributed by atoms with E-state index in [0.29, 0.717) is 5.56 Å². The van der Waals surface area contributed by atoms with E-state index < -0.39 is 113 Å². The molecule has 326 valence electrons. The van der Waals surface area contributed by atoms with E-state index in [9.17, 15) is 34.2 Å². The Hall–Kier alpha value is -5.10. The molecule has 3 N–H and O–H groups in total. The first-order chi connectivity index (χ1) is 28.7. The van der Waals surface area contributed by atoms with Crippen molar-refractivity contribution in [2.24, 2.45) is 10.8 Å². The van der Waals surface area contributed by atoms with Crippen molar-refractivity contribution in [2.45, 2.75) is 106 Å². The molecule has 0 unspecified atom stereocenters. The fourth-order valence-corrected chi connectivity index (χ4v) is 11.7. The number of urea groups is 1. The molecule has 2 spiro atoms. The Labute approximate surface area is 354 Å². The van der Waals surface area contributed by atoms with Crippen LogP contribution in [0.25, 0.3) is 0 Å². The van der Waals surface area contributed by atoms with Gasteiger partial charge in [0.2, 0.25) is 6.71 Å². The van der Waals surface area contributed by atoms with Gasteiger partial charge in [-0.05, 0) is 49.6 Å². The summed E-state index contributed by atoms with van der Waals surface area (Å²) < 4.78 is 35.8. The number of esters is 2. The van der Waals surface area contributed by atoms with E-state index in [1.807, 2.05) is 0 Å². The van der Waals surface area contributed by atoms with Crippen molar-refractivity contribution in [1.29, 1.82) is 0 Å². The van der Waals surface area contributed by atoms with Crippen LogP contribution in [0.3, 0.4) is 0 Å². The topological polar surface area (TPSA) is 214 Å². The van der Waals surface area contributed by atoms with Crippen LogP contribution in [-0.4, -0.2) is 135 Å². The normalized spacial score (nSPS) is 34.0. The SMILES string of the molecule is COC(=O)O[C@H]1C(=O)[C@]2(C)[C@@H](OC)C[C@H]3OC[C@]34B(C(C)=O)[C@@]42[C@H](OC(=O)c2ccccc2)[C@]2(O)C[C@H](OC(=O)[C@H](O)[C@@H](NC(=O)N(C)C)c3ccccc3)C(C)=C1C2(C)C. The molecule has 7 rings (SSSR count). The summed E-state index contributed by atoms with van der Waals surface area (Å²) >= 11 is 0. The molecule has 2 saturated carbocycles. The van der Waals surface area contributed by atoms with E-state index in [4.69, 9.17) is 28.4 Å². The van der Waals surface area contributed by atoms with E-state index in [2.05, 4.69) is 5.32 Å². The standard InChI is InChI=1S/C44H53BN2O14/c1-23-27(59-36(52)32(49)31(46-38(53)47(6)7)25-16-12-10-13-17-25)21-43(55)37(61-35(51)26-18-14-11-15-19-26)44-41(5,34(50)33(60-39(54)57-9)30(23)40(43,3)4)28(56-8)20-29-42(44,22-58-29)45(44)24(2)48/h10-19,27-29,31-33,37,49,55H,20-22H2,1-9H3,(H,46,53)/t27-,28-,29+,31-,32+,33+,37+,41-,42-,43+,44+/m0/s1. The molecule has 0 aromatic heterocycles. The minimum atomic E-state index is -2.33. The molecular formula is C44H53BN2O14. The molecule has 5 aliphatic rings. The molecule has 16 nitrogen and oxygen atoms in total. The first-order valence-corrected chi connectivity index (χ1v) is 20.3. The molecule has 3 aliphatic carbocycles. The molecule has 2 saturated heterocycles. The number of ether oxygens (including phenoxy) is 6. The lowest BCUT2D eigenvalue weighted by Crippen LogP contribution is -2.72. The van der Waals surface area contributed by atoms with Gasteiger partial charge >= 0.3 is 24.1 Å². The summed E-state index contributed by atoms with van der Waals surface area (Å²) in [5, 5.41) is 25.4. The second-order valence-electron chi connectivity index (χ2n) is 17.8. The summed E-state index contributed by atoms with van der Waals surface area (Å²) in [4.78, 5) is 86.2. The summed E-state index contributed by atoms with van der Waals surface area (Å²) in [7, 11) is 5.46. The van der Waals surface area contributed by atoms with Crippen molar-refractivity contribution >= 4 is 42.3 Å². The monoisotopic (exact) mass is 844 g/mol. The third kappa shape index (κ3) is 6.09. The highest BCUT2D eigenvalue weighted by Gasteiger charge is 2.99. The van der Waals surface area contributed by atoms with Crippen LogP contribution in [0.2, 0.25) is 10.6 Å². The zero-order chi connectivity index (χ0) is 44.6. The van der Waals surface area contributed by atoms with Gasteiger partial charge in [-0.2, -0.15) is 0 Å². The Morgan fingerprint density at radius 1 is 0.951 bits per heavy atom. The highest BCUT2D eigenvalue weighted by Crippen LogP contribution is 2.93. The van der Waals surface area contributed by atoms with E-state index >= 15 is 4.79 Å². The number of methoxy groups -OCH3 is 2. The van der Waals surface area contributed by atoms with Crippen LogP contribution in [-0.2, 0) is 42.8 Å². The fourth-order valence-electron chi connectivity index (χ4n) is 11.7. The number of aliphatic hydroxyl groups excluding tert-OH is 1. The van der Waals surface area contributed by atoms with E-state index in [0.717, 1.165) is 7.11 Å². The highest BCUT2D eigenvalue weighted by atomic mass is 16.7. The van der Waals surface area contributed by atoms with Crippen LogP contribution in [0, 0.1) is 10.8 Å². The van der Waals surface area contributed by atoms with Gasteiger partial charge < -0.3 is 53.6 Å². The molecule has 61 heavy (non-hydrogen) atoms. The third-order valence-corrected chi connectivity index (χ3v) is 14.7. The van der Waals surface area contributed by atoms with Crippen molar-refractivity contribution in [1.82, 2.24) is 10.2 Å². The van der Waals surface area contributed by atoms with Gasteiger partial charge in [0.1, 0.15) is 17.8 Å². The number of hydrogen-bond donors (Lipinski definition) is 3. The van der Waals surface area contributed by atoms with Crippen LogP contribution in [0.1, 0.15) is 69.4 Å². The fraction of sp³-hybridized carbons (Fsp3) is 0.545. The largest absolute Gasteiger partial charge is 0.509 e. The van der Waals surface area contributed by atoms with Crippen LogP contribution in [0.5, 0.6) is 0 Å². The van der Waals surface area contributed by atoms with Crippen molar-refractivity contribution in [2.75, 3.05) is 34.9 Å². The number of fused-ring (bicyclic) bond motifs is 2. The number of nitrogens with zero attached hydrogens (tertiary/aromatic N) is 1. The summed E-state index contributed by atoms with van der Waals surface area (Å²) in [6, 6.07) is 14.4. The molecule has 17 heteroatoms. The molecule has 2 amide bonds. The number of hydrogen-bond acceptors (Lipinski definition) is 14. The number of rotatable bonds is 10. The highest BCUT2D eigenvalue weighted by molar-refractivity contribution is 7.04. The average Bonchev–Trinajstić information content (AvgIpc) is 3.91. The van der Waals surface area contributed by atoms with Gasteiger partial charge in [-0.3, -0.25) is 4.79 Å². The Balaban J connectivity index is 1.45. The molecule has 2 heterocycles. The zero-order valence-corrected chi connectivity index (χ0v) is 35.8. The van der Waals surface area contributed by atoms with E-state index in [-0.39, 0.29) is 35.4 Å². The number of benzene rings is 2. The van der Waals surface area contributed by atoms with Crippen molar-refractivity contribution in [3.63, 3.8) is 0 Å². The Kier molecular flexibility index (Phi) is 11.1. The van der Waals surface area contributed by atoms with Crippen LogP contribution >= 0.6 is 0 Å². The molecular weight excluding hydrogens is 791 g/mol. The number of carbonyl (C=O) groups excluding carboxylic acids is 6. The summed E-state index contributed by atoms with van der Waals surface area (Å²) in [5.74, 6) is -2.78. The van der Waals surface area contributed by atoms with Gasteiger partial charge in [0.25, 0.3) is 0 Å². The smallest absolute Gasteiger partial charge is 0.456 e. The maximum absolute atomic E-state index is 15.9. The zero-order valence-electron chi connectivity index (χ0n) is 35.8. The first-order valence-electron chi connectivity index (χ1n) is 20.3. The summed E-state index contributed by atoms with van der Waals surface area (Å²) in [5.41, 5.74) is -5.41. The number of aliphatic hydroxyl groups is 2. The molecule has 4 fully saturated rings. The minimum absolute atomic E-state index is 0.0223. The van der Waals surface area contributed by atoms with Crippen molar-refractivity contribution in [3.05, 3.63) is 82.9 Å². The maximum Gasteiger partial charge on any atom is 0.509 e. The number of amides is 2. The second kappa shape index (κ2) is 15.4. The average molecular weight is 845 g/mol. The lowest BCUT2D eigenvalue weighted by molar-refractivity contribution is -0.244. The number of carbonyl (C=O) groups is 6. The molecule has 2 aliphatic heterocycles. The van der Waals surface area contributed by atoms with Crippen molar-refractivity contribution in [3.8, 4) is 0 Å². The van der Waals surface area contributed by atoms with Gasteiger partial charge in [0, 0.05) is 56.7 Å². The molecule has 2 bridgehead atoms. The van der Waals surface area contributed by atoms with Crippen LogP contribution < -0.4 is 5.32 Å².